The number of aliphatic imine (C=N–C) groups is 1. The predicted octanol–water partition coefficient (Wildman–Crippen LogP) is 4.90. The topological polar surface area (TPSA) is 49.9 Å². The second-order valence-electron chi connectivity index (χ2n) is 6.39. The summed E-state index contributed by atoms with van der Waals surface area (Å²) in [7, 11) is 1.82. The SMILES string of the molecule is Cc1ccc(N=c2sc(/C=C3\C=Nc4ccccc43)c(O)n2C)cc1C. The number of benzene rings is 2. The van der Waals surface area contributed by atoms with Gasteiger partial charge in [0.1, 0.15) is 0 Å². The van der Waals surface area contributed by atoms with Crippen molar-refractivity contribution in [3.63, 3.8) is 0 Å². The Kier molecular flexibility index (Phi) is 4.09. The summed E-state index contributed by atoms with van der Waals surface area (Å²) >= 11 is 1.46. The van der Waals surface area contributed by atoms with Gasteiger partial charge in [-0.1, -0.05) is 35.6 Å². The Morgan fingerprint density at radius 2 is 1.92 bits per heavy atom. The van der Waals surface area contributed by atoms with Crippen molar-refractivity contribution in [2.45, 2.75) is 13.8 Å². The molecule has 4 nitrogen and oxygen atoms in total. The highest BCUT2D eigenvalue weighted by Gasteiger charge is 2.14. The Morgan fingerprint density at radius 1 is 1.12 bits per heavy atom. The van der Waals surface area contributed by atoms with Gasteiger partial charge in [-0.15, -0.1) is 0 Å². The quantitative estimate of drug-likeness (QED) is 0.693. The van der Waals surface area contributed by atoms with Gasteiger partial charge in [0.05, 0.1) is 16.3 Å². The molecule has 0 radical (unpaired) electrons. The molecule has 5 heteroatoms. The lowest BCUT2D eigenvalue weighted by Gasteiger charge is -2.00. The van der Waals surface area contributed by atoms with E-state index >= 15 is 0 Å². The zero-order chi connectivity index (χ0) is 18.3. The van der Waals surface area contributed by atoms with Crippen LogP contribution in [-0.2, 0) is 7.05 Å². The van der Waals surface area contributed by atoms with Gasteiger partial charge in [-0.3, -0.25) is 9.56 Å². The Labute approximate surface area is 156 Å². The fraction of sp³-hybridized carbons (Fsp3) is 0.143. The van der Waals surface area contributed by atoms with E-state index in [-0.39, 0.29) is 5.88 Å². The third-order valence-electron chi connectivity index (χ3n) is 4.59. The molecule has 1 aliphatic rings. The summed E-state index contributed by atoms with van der Waals surface area (Å²) in [5.41, 5.74) is 6.37. The molecule has 0 fully saturated rings. The van der Waals surface area contributed by atoms with Gasteiger partial charge in [-0.2, -0.15) is 0 Å². The molecular formula is C21H19N3OS. The number of hydrogen-bond donors (Lipinski definition) is 1. The number of nitrogens with zero attached hydrogens (tertiary/aromatic N) is 3. The van der Waals surface area contributed by atoms with E-state index in [2.05, 4.69) is 31.0 Å². The predicted molar refractivity (Wildman–Crippen MR) is 109 cm³/mol. The Balaban J connectivity index is 1.78. The number of aromatic hydroxyl groups is 1. The molecule has 4 rings (SSSR count). The van der Waals surface area contributed by atoms with E-state index in [0.717, 1.165) is 32.2 Å². The molecule has 3 aromatic rings. The largest absolute Gasteiger partial charge is 0.493 e. The third-order valence-corrected chi connectivity index (χ3v) is 5.65. The number of rotatable bonds is 2. The number of thiazole rings is 1. The smallest absolute Gasteiger partial charge is 0.210 e. The van der Waals surface area contributed by atoms with Crippen molar-refractivity contribution >= 4 is 40.6 Å². The minimum Gasteiger partial charge on any atom is -0.493 e. The number of para-hydroxylation sites is 1. The van der Waals surface area contributed by atoms with Gasteiger partial charge in [0.25, 0.3) is 0 Å². The first-order valence-electron chi connectivity index (χ1n) is 8.39. The molecule has 130 valence electrons. The van der Waals surface area contributed by atoms with Crippen LogP contribution >= 0.6 is 11.3 Å². The van der Waals surface area contributed by atoms with Crippen LogP contribution in [0.5, 0.6) is 5.88 Å². The van der Waals surface area contributed by atoms with Crippen molar-refractivity contribution in [2.24, 2.45) is 17.0 Å². The number of hydrogen-bond acceptors (Lipinski definition) is 4. The second kappa shape index (κ2) is 6.42. The first-order chi connectivity index (χ1) is 12.5. The molecule has 0 amide bonds. The van der Waals surface area contributed by atoms with Crippen molar-refractivity contribution in [1.29, 1.82) is 0 Å². The lowest BCUT2D eigenvalue weighted by atomic mass is 10.1. The van der Waals surface area contributed by atoms with Gasteiger partial charge in [-0.05, 0) is 49.2 Å². The van der Waals surface area contributed by atoms with Gasteiger partial charge in [0, 0.05) is 24.4 Å². The highest BCUT2D eigenvalue weighted by atomic mass is 32.1. The molecule has 0 unspecified atom stereocenters. The summed E-state index contributed by atoms with van der Waals surface area (Å²) in [5.74, 6) is 0.211. The van der Waals surface area contributed by atoms with E-state index in [0.29, 0.717) is 0 Å². The van der Waals surface area contributed by atoms with Crippen molar-refractivity contribution in [2.75, 3.05) is 0 Å². The maximum atomic E-state index is 10.5. The average Bonchev–Trinajstić information content (AvgIpc) is 3.16. The standard InChI is InChI=1S/C21H19N3OS/c1-13-8-9-16(10-14(13)2)23-21-24(3)20(25)19(26-21)11-15-12-22-18-7-5-4-6-17(15)18/h4-12,25H,1-3H3/b15-11+,23-21?. The maximum Gasteiger partial charge on any atom is 0.210 e. The van der Waals surface area contributed by atoms with Gasteiger partial charge in [-0.25, -0.2) is 4.99 Å². The molecular weight excluding hydrogens is 342 g/mol. The van der Waals surface area contributed by atoms with E-state index in [9.17, 15) is 5.11 Å². The number of aromatic nitrogens is 1. The fourth-order valence-corrected chi connectivity index (χ4v) is 3.85. The zero-order valence-electron chi connectivity index (χ0n) is 14.9. The lowest BCUT2D eigenvalue weighted by molar-refractivity contribution is 0.427. The van der Waals surface area contributed by atoms with Gasteiger partial charge in [0.15, 0.2) is 4.80 Å². The van der Waals surface area contributed by atoms with E-state index in [1.54, 1.807) is 4.57 Å². The van der Waals surface area contributed by atoms with Crippen LogP contribution in [-0.4, -0.2) is 15.9 Å². The van der Waals surface area contributed by atoms with Gasteiger partial charge < -0.3 is 5.11 Å². The summed E-state index contributed by atoms with van der Waals surface area (Å²) < 4.78 is 1.71. The molecule has 26 heavy (non-hydrogen) atoms. The van der Waals surface area contributed by atoms with Crippen molar-refractivity contribution in [3.05, 3.63) is 68.8 Å². The minimum absolute atomic E-state index is 0.211. The molecule has 0 bridgehead atoms. The van der Waals surface area contributed by atoms with Crippen molar-refractivity contribution in [3.8, 4) is 5.88 Å². The normalized spacial score (nSPS) is 15.0. The van der Waals surface area contributed by atoms with E-state index in [1.807, 2.05) is 49.7 Å². The highest BCUT2D eigenvalue weighted by molar-refractivity contribution is 7.10. The van der Waals surface area contributed by atoms with Crippen LogP contribution in [0.4, 0.5) is 11.4 Å². The molecule has 0 atom stereocenters. The van der Waals surface area contributed by atoms with E-state index in [1.165, 1.54) is 22.5 Å². The van der Waals surface area contributed by atoms with Crippen molar-refractivity contribution in [1.82, 2.24) is 4.57 Å². The van der Waals surface area contributed by atoms with Crippen LogP contribution in [0.15, 0.2) is 52.4 Å². The lowest BCUT2D eigenvalue weighted by Crippen LogP contribution is -2.08. The van der Waals surface area contributed by atoms with E-state index in [4.69, 9.17) is 4.99 Å². The Morgan fingerprint density at radius 3 is 2.73 bits per heavy atom. The Bertz CT molecular complexity index is 1130. The van der Waals surface area contributed by atoms with Crippen LogP contribution in [0.25, 0.3) is 11.6 Å². The molecule has 1 aliphatic heterocycles. The summed E-state index contributed by atoms with van der Waals surface area (Å²) in [6, 6.07) is 14.1. The molecule has 0 spiro atoms. The molecule has 1 N–H and O–H groups in total. The number of fused-ring (bicyclic) bond motifs is 1. The summed E-state index contributed by atoms with van der Waals surface area (Å²) in [6.07, 6.45) is 3.80. The van der Waals surface area contributed by atoms with Gasteiger partial charge in [0.2, 0.25) is 5.88 Å². The molecule has 0 saturated heterocycles. The second-order valence-corrected chi connectivity index (χ2v) is 7.40. The monoisotopic (exact) mass is 361 g/mol. The van der Waals surface area contributed by atoms with Crippen LogP contribution in [0.3, 0.4) is 0 Å². The first-order valence-corrected chi connectivity index (χ1v) is 9.20. The average molecular weight is 361 g/mol. The molecule has 2 aromatic carbocycles. The van der Waals surface area contributed by atoms with Crippen LogP contribution in [0, 0.1) is 13.8 Å². The number of allylic oxidation sites excluding steroid dienone is 1. The first kappa shape index (κ1) is 16.5. The van der Waals surface area contributed by atoms with Crippen LogP contribution in [0.1, 0.15) is 21.6 Å². The Hall–Kier alpha value is -2.92. The summed E-state index contributed by atoms with van der Waals surface area (Å²) in [4.78, 5) is 10.6. The molecule has 0 aliphatic carbocycles. The van der Waals surface area contributed by atoms with Gasteiger partial charge >= 0.3 is 0 Å². The highest BCUT2D eigenvalue weighted by Crippen LogP contribution is 2.34. The fourth-order valence-electron chi connectivity index (χ4n) is 2.86. The summed E-state index contributed by atoms with van der Waals surface area (Å²) in [5, 5.41) is 10.5. The third kappa shape index (κ3) is 2.91. The van der Waals surface area contributed by atoms with Crippen LogP contribution in [0.2, 0.25) is 0 Å². The summed E-state index contributed by atoms with van der Waals surface area (Å²) in [6.45, 7) is 4.16. The maximum absolute atomic E-state index is 10.5. The zero-order valence-corrected chi connectivity index (χ0v) is 15.7. The van der Waals surface area contributed by atoms with Crippen LogP contribution < -0.4 is 4.80 Å². The molecule has 2 heterocycles. The van der Waals surface area contributed by atoms with Crippen molar-refractivity contribution < 1.29 is 5.11 Å². The van der Waals surface area contributed by atoms with E-state index < -0.39 is 0 Å². The molecule has 1 aromatic heterocycles. The minimum atomic E-state index is 0.211. The molecule has 0 saturated carbocycles. The number of aryl methyl sites for hydroxylation is 2.